The van der Waals surface area contributed by atoms with Crippen LogP contribution in [0.2, 0.25) is 0 Å². The SMILES string of the molecule is CCNC(=NCC(C1CC1)C1CC1)N1CCCC(C)C1. The Hall–Kier alpha value is -0.730. The molecule has 0 spiro atoms. The van der Waals surface area contributed by atoms with E-state index in [1.54, 1.807) is 0 Å². The van der Waals surface area contributed by atoms with Gasteiger partial charge in [-0.1, -0.05) is 6.92 Å². The smallest absolute Gasteiger partial charge is 0.193 e. The fraction of sp³-hybridized carbons (Fsp3) is 0.941. The number of hydrogen-bond donors (Lipinski definition) is 1. The van der Waals surface area contributed by atoms with Crippen molar-refractivity contribution < 1.29 is 0 Å². The Morgan fingerprint density at radius 3 is 2.45 bits per heavy atom. The number of nitrogens with zero attached hydrogens (tertiary/aromatic N) is 2. The van der Waals surface area contributed by atoms with Crippen molar-refractivity contribution >= 4 is 5.96 Å². The zero-order valence-electron chi connectivity index (χ0n) is 13.3. The van der Waals surface area contributed by atoms with Gasteiger partial charge >= 0.3 is 0 Å². The number of likely N-dealkylation sites (tertiary alicyclic amines) is 1. The quantitative estimate of drug-likeness (QED) is 0.617. The van der Waals surface area contributed by atoms with Crippen molar-refractivity contribution in [2.75, 3.05) is 26.2 Å². The van der Waals surface area contributed by atoms with Gasteiger partial charge in [-0.05, 0) is 69.1 Å². The van der Waals surface area contributed by atoms with Crippen LogP contribution in [0.5, 0.6) is 0 Å². The van der Waals surface area contributed by atoms with Crippen molar-refractivity contribution in [3.63, 3.8) is 0 Å². The van der Waals surface area contributed by atoms with Crippen LogP contribution in [0.1, 0.15) is 52.4 Å². The largest absolute Gasteiger partial charge is 0.357 e. The van der Waals surface area contributed by atoms with Crippen molar-refractivity contribution in [1.82, 2.24) is 10.2 Å². The van der Waals surface area contributed by atoms with E-state index in [2.05, 4.69) is 24.1 Å². The Balaban J connectivity index is 1.60. The van der Waals surface area contributed by atoms with Crippen LogP contribution in [0, 0.1) is 23.7 Å². The molecule has 3 aliphatic rings. The van der Waals surface area contributed by atoms with Crippen molar-refractivity contribution in [3.05, 3.63) is 0 Å². The van der Waals surface area contributed by atoms with Crippen molar-refractivity contribution in [2.45, 2.75) is 52.4 Å². The molecule has 1 aliphatic heterocycles. The molecule has 2 saturated carbocycles. The Morgan fingerprint density at radius 2 is 1.90 bits per heavy atom. The van der Waals surface area contributed by atoms with Gasteiger partial charge in [0.25, 0.3) is 0 Å². The zero-order valence-corrected chi connectivity index (χ0v) is 13.3. The van der Waals surface area contributed by atoms with Crippen molar-refractivity contribution in [1.29, 1.82) is 0 Å². The van der Waals surface area contributed by atoms with Crippen LogP contribution in [0.25, 0.3) is 0 Å². The van der Waals surface area contributed by atoms with Gasteiger partial charge in [0.15, 0.2) is 5.96 Å². The van der Waals surface area contributed by atoms with Crippen molar-refractivity contribution in [3.8, 4) is 0 Å². The third-order valence-corrected chi connectivity index (χ3v) is 5.20. The van der Waals surface area contributed by atoms with Crippen LogP contribution in [-0.2, 0) is 0 Å². The average Bonchev–Trinajstić information content (AvgIpc) is 3.31. The molecule has 1 saturated heterocycles. The molecule has 2 aliphatic carbocycles. The van der Waals surface area contributed by atoms with Gasteiger partial charge in [-0.2, -0.15) is 0 Å². The minimum absolute atomic E-state index is 0.815. The van der Waals surface area contributed by atoms with Gasteiger partial charge in [0.2, 0.25) is 0 Å². The first-order valence-electron chi connectivity index (χ1n) is 8.81. The van der Waals surface area contributed by atoms with Crippen LogP contribution >= 0.6 is 0 Å². The molecule has 0 aromatic rings. The lowest BCUT2D eigenvalue weighted by Crippen LogP contribution is -2.46. The molecule has 0 aromatic heterocycles. The first-order valence-corrected chi connectivity index (χ1v) is 8.81. The third-order valence-electron chi connectivity index (χ3n) is 5.20. The zero-order chi connectivity index (χ0) is 13.9. The molecule has 0 bridgehead atoms. The van der Waals surface area contributed by atoms with Gasteiger partial charge in [-0.15, -0.1) is 0 Å². The second-order valence-corrected chi connectivity index (χ2v) is 7.23. The highest BCUT2D eigenvalue weighted by Gasteiger charge is 2.41. The van der Waals surface area contributed by atoms with Gasteiger partial charge in [-0.25, -0.2) is 0 Å². The van der Waals surface area contributed by atoms with E-state index in [9.17, 15) is 0 Å². The summed E-state index contributed by atoms with van der Waals surface area (Å²) in [6.45, 7) is 8.98. The van der Waals surface area contributed by atoms with Crippen LogP contribution < -0.4 is 5.32 Å². The van der Waals surface area contributed by atoms with Gasteiger partial charge in [-0.3, -0.25) is 4.99 Å². The maximum Gasteiger partial charge on any atom is 0.193 e. The molecule has 1 heterocycles. The molecule has 20 heavy (non-hydrogen) atoms. The minimum atomic E-state index is 0.815. The Kier molecular flexibility index (Phi) is 4.52. The number of aliphatic imine (C=N–C) groups is 1. The van der Waals surface area contributed by atoms with E-state index in [0.717, 1.165) is 36.8 Å². The van der Waals surface area contributed by atoms with E-state index in [1.165, 1.54) is 57.6 Å². The summed E-state index contributed by atoms with van der Waals surface area (Å²) in [4.78, 5) is 7.52. The summed E-state index contributed by atoms with van der Waals surface area (Å²) < 4.78 is 0. The van der Waals surface area contributed by atoms with E-state index in [1.807, 2.05) is 0 Å². The van der Waals surface area contributed by atoms with Crippen LogP contribution in [-0.4, -0.2) is 37.0 Å². The van der Waals surface area contributed by atoms with E-state index in [4.69, 9.17) is 4.99 Å². The number of guanidine groups is 1. The standard InChI is InChI=1S/C17H31N3/c1-3-18-17(20-10-4-5-13(2)12-20)19-11-16(14-6-7-14)15-8-9-15/h13-16H,3-12H2,1-2H3,(H,18,19). The van der Waals surface area contributed by atoms with E-state index in [0.29, 0.717) is 0 Å². The van der Waals surface area contributed by atoms with Crippen LogP contribution in [0.3, 0.4) is 0 Å². The Labute approximate surface area is 124 Å². The normalized spacial score (nSPS) is 28.1. The summed E-state index contributed by atoms with van der Waals surface area (Å²) in [6, 6.07) is 0. The second kappa shape index (κ2) is 6.36. The third kappa shape index (κ3) is 3.67. The molecular weight excluding hydrogens is 246 g/mol. The monoisotopic (exact) mass is 277 g/mol. The molecule has 1 atom stereocenters. The van der Waals surface area contributed by atoms with Crippen LogP contribution in [0.4, 0.5) is 0 Å². The molecular formula is C17H31N3. The summed E-state index contributed by atoms with van der Waals surface area (Å²) in [5.41, 5.74) is 0. The molecule has 0 radical (unpaired) electrons. The number of hydrogen-bond acceptors (Lipinski definition) is 1. The number of nitrogens with one attached hydrogen (secondary N) is 1. The summed E-state index contributed by atoms with van der Waals surface area (Å²) in [5, 5.41) is 3.52. The van der Waals surface area contributed by atoms with Gasteiger partial charge < -0.3 is 10.2 Å². The fourth-order valence-corrected chi connectivity index (χ4v) is 3.73. The molecule has 3 nitrogen and oxygen atoms in total. The van der Waals surface area contributed by atoms with E-state index in [-0.39, 0.29) is 0 Å². The predicted molar refractivity (Wildman–Crippen MR) is 84.9 cm³/mol. The lowest BCUT2D eigenvalue weighted by molar-refractivity contribution is 0.265. The highest BCUT2D eigenvalue weighted by molar-refractivity contribution is 5.80. The molecule has 0 aromatic carbocycles. The summed E-state index contributed by atoms with van der Waals surface area (Å²) in [6.07, 6.45) is 8.56. The maximum atomic E-state index is 5.03. The van der Waals surface area contributed by atoms with Gasteiger partial charge in [0.1, 0.15) is 0 Å². The predicted octanol–water partition coefficient (Wildman–Crippen LogP) is 3.12. The lowest BCUT2D eigenvalue weighted by atomic mass is 9.98. The summed E-state index contributed by atoms with van der Waals surface area (Å²) in [5.74, 6) is 4.91. The average molecular weight is 277 g/mol. The van der Waals surface area contributed by atoms with Crippen LogP contribution in [0.15, 0.2) is 4.99 Å². The maximum absolute atomic E-state index is 5.03. The summed E-state index contributed by atoms with van der Waals surface area (Å²) >= 11 is 0. The topological polar surface area (TPSA) is 27.6 Å². The molecule has 3 heteroatoms. The Morgan fingerprint density at radius 1 is 1.20 bits per heavy atom. The first kappa shape index (κ1) is 14.2. The van der Waals surface area contributed by atoms with E-state index < -0.39 is 0 Å². The molecule has 1 unspecified atom stereocenters. The molecule has 3 fully saturated rings. The second-order valence-electron chi connectivity index (χ2n) is 7.23. The van der Waals surface area contributed by atoms with Crippen molar-refractivity contribution in [2.24, 2.45) is 28.7 Å². The molecule has 1 N–H and O–H groups in total. The fourth-order valence-electron chi connectivity index (χ4n) is 3.73. The summed E-state index contributed by atoms with van der Waals surface area (Å²) in [7, 11) is 0. The van der Waals surface area contributed by atoms with Gasteiger partial charge in [0, 0.05) is 26.2 Å². The Bertz CT molecular complexity index is 332. The molecule has 114 valence electrons. The molecule has 0 amide bonds. The minimum Gasteiger partial charge on any atom is -0.357 e. The lowest BCUT2D eigenvalue weighted by Gasteiger charge is -2.33. The van der Waals surface area contributed by atoms with E-state index >= 15 is 0 Å². The number of piperidine rings is 1. The number of rotatable bonds is 5. The first-order chi connectivity index (χ1) is 9.78. The van der Waals surface area contributed by atoms with Gasteiger partial charge in [0.05, 0.1) is 0 Å². The highest BCUT2D eigenvalue weighted by atomic mass is 15.3. The highest BCUT2D eigenvalue weighted by Crippen LogP contribution is 2.49. The molecule has 3 rings (SSSR count).